The molecule has 1 amide bonds. The van der Waals surface area contributed by atoms with Crippen LogP contribution in [0.25, 0.3) is 0 Å². The van der Waals surface area contributed by atoms with Crippen LogP contribution in [0.4, 0.5) is 0 Å². The molecule has 1 N–H and O–H groups in total. The highest BCUT2D eigenvalue weighted by Crippen LogP contribution is 2.31. The lowest BCUT2D eigenvalue weighted by atomic mass is 10.1. The summed E-state index contributed by atoms with van der Waals surface area (Å²) >= 11 is 0. The largest absolute Gasteiger partial charge is 0.391 e. The normalized spacial score (nSPS) is 40.3. The van der Waals surface area contributed by atoms with Crippen molar-refractivity contribution in [1.82, 2.24) is 4.90 Å². The van der Waals surface area contributed by atoms with Crippen molar-refractivity contribution in [1.29, 1.82) is 0 Å². The Balaban J connectivity index is 1.97. The van der Waals surface area contributed by atoms with E-state index in [0.29, 0.717) is 19.0 Å². The quantitative estimate of drug-likeness (QED) is 0.652. The SMILES string of the molecule is CC1CCC(N2CC(O)CC2=O)C1. The highest BCUT2D eigenvalue weighted by molar-refractivity contribution is 5.79. The van der Waals surface area contributed by atoms with Crippen molar-refractivity contribution in [2.45, 2.75) is 44.8 Å². The number of aliphatic hydroxyl groups is 1. The number of rotatable bonds is 1. The lowest BCUT2D eigenvalue weighted by Crippen LogP contribution is -2.35. The van der Waals surface area contributed by atoms with E-state index >= 15 is 0 Å². The van der Waals surface area contributed by atoms with Gasteiger partial charge in [-0.15, -0.1) is 0 Å². The molecule has 2 rings (SSSR count). The molecular formula is C10H17NO2. The van der Waals surface area contributed by atoms with Crippen LogP contribution in [0.2, 0.25) is 0 Å². The van der Waals surface area contributed by atoms with Gasteiger partial charge in [0.15, 0.2) is 0 Å². The number of nitrogens with zero attached hydrogens (tertiary/aromatic N) is 1. The zero-order valence-corrected chi connectivity index (χ0v) is 8.07. The molecule has 0 radical (unpaired) electrons. The van der Waals surface area contributed by atoms with Gasteiger partial charge < -0.3 is 10.0 Å². The summed E-state index contributed by atoms with van der Waals surface area (Å²) in [4.78, 5) is 13.3. The average molecular weight is 183 g/mol. The predicted octanol–water partition coefficient (Wildman–Crippen LogP) is 0.768. The third kappa shape index (κ3) is 1.70. The van der Waals surface area contributed by atoms with Crippen molar-refractivity contribution < 1.29 is 9.90 Å². The van der Waals surface area contributed by atoms with E-state index in [0.717, 1.165) is 18.8 Å². The molecule has 74 valence electrons. The summed E-state index contributed by atoms with van der Waals surface area (Å²) in [6.45, 7) is 2.80. The molecule has 13 heavy (non-hydrogen) atoms. The van der Waals surface area contributed by atoms with Gasteiger partial charge >= 0.3 is 0 Å². The summed E-state index contributed by atoms with van der Waals surface area (Å²) < 4.78 is 0. The smallest absolute Gasteiger partial charge is 0.225 e. The first kappa shape index (κ1) is 9.00. The van der Waals surface area contributed by atoms with Crippen molar-refractivity contribution in [3.05, 3.63) is 0 Å². The second-order valence-electron chi connectivity index (χ2n) is 4.48. The van der Waals surface area contributed by atoms with Crippen molar-refractivity contribution >= 4 is 5.91 Å². The average Bonchev–Trinajstić information content (AvgIpc) is 2.58. The first-order chi connectivity index (χ1) is 6.16. The number of amides is 1. The Bertz CT molecular complexity index is 217. The zero-order chi connectivity index (χ0) is 9.42. The molecule has 0 bridgehead atoms. The van der Waals surface area contributed by atoms with Crippen LogP contribution < -0.4 is 0 Å². The maximum Gasteiger partial charge on any atom is 0.225 e. The number of carbonyl (C=O) groups excluding carboxylic acids is 1. The summed E-state index contributed by atoms with van der Waals surface area (Å²) in [6, 6.07) is 0.416. The molecule has 1 saturated carbocycles. The predicted molar refractivity (Wildman–Crippen MR) is 49.1 cm³/mol. The van der Waals surface area contributed by atoms with Gasteiger partial charge in [-0.1, -0.05) is 6.92 Å². The fourth-order valence-corrected chi connectivity index (χ4v) is 2.53. The Kier molecular flexibility index (Phi) is 2.28. The molecule has 3 atom stereocenters. The van der Waals surface area contributed by atoms with Gasteiger partial charge in [0.25, 0.3) is 0 Å². The van der Waals surface area contributed by atoms with Crippen molar-refractivity contribution in [3.8, 4) is 0 Å². The molecule has 0 aromatic rings. The minimum atomic E-state index is -0.414. The van der Waals surface area contributed by atoms with Crippen molar-refractivity contribution in [3.63, 3.8) is 0 Å². The molecule has 0 spiro atoms. The molecule has 0 aromatic heterocycles. The van der Waals surface area contributed by atoms with Crippen LogP contribution in [0, 0.1) is 5.92 Å². The summed E-state index contributed by atoms with van der Waals surface area (Å²) in [5.74, 6) is 0.891. The Labute approximate surface area is 78.7 Å². The molecule has 0 aromatic carbocycles. The molecule has 1 aliphatic heterocycles. The van der Waals surface area contributed by atoms with Crippen LogP contribution in [-0.2, 0) is 4.79 Å². The maximum atomic E-state index is 11.4. The molecule has 1 aliphatic carbocycles. The monoisotopic (exact) mass is 183 g/mol. The molecule has 1 heterocycles. The van der Waals surface area contributed by atoms with Gasteiger partial charge in [0, 0.05) is 12.6 Å². The van der Waals surface area contributed by atoms with Gasteiger partial charge in [-0.2, -0.15) is 0 Å². The van der Waals surface area contributed by atoms with Gasteiger partial charge in [-0.25, -0.2) is 0 Å². The van der Waals surface area contributed by atoms with Gasteiger partial charge in [-0.3, -0.25) is 4.79 Å². The van der Waals surface area contributed by atoms with Crippen LogP contribution in [0.3, 0.4) is 0 Å². The molecule has 3 heteroatoms. The number of hydrogen-bond donors (Lipinski definition) is 1. The second-order valence-corrected chi connectivity index (χ2v) is 4.48. The van der Waals surface area contributed by atoms with Gasteiger partial charge in [0.1, 0.15) is 0 Å². The number of hydrogen-bond acceptors (Lipinski definition) is 2. The van der Waals surface area contributed by atoms with E-state index < -0.39 is 6.10 Å². The molecular weight excluding hydrogens is 166 g/mol. The number of carbonyl (C=O) groups is 1. The third-order valence-electron chi connectivity index (χ3n) is 3.25. The van der Waals surface area contributed by atoms with Crippen LogP contribution in [0.1, 0.15) is 32.6 Å². The van der Waals surface area contributed by atoms with Gasteiger partial charge in [-0.05, 0) is 25.2 Å². The Morgan fingerprint density at radius 3 is 2.69 bits per heavy atom. The zero-order valence-electron chi connectivity index (χ0n) is 8.07. The summed E-state index contributed by atoms with van der Waals surface area (Å²) in [5.41, 5.74) is 0. The third-order valence-corrected chi connectivity index (χ3v) is 3.25. The van der Waals surface area contributed by atoms with Crippen LogP contribution >= 0.6 is 0 Å². The topological polar surface area (TPSA) is 40.5 Å². The Hall–Kier alpha value is -0.570. The molecule has 3 unspecified atom stereocenters. The van der Waals surface area contributed by atoms with E-state index in [9.17, 15) is 9.90 Å². The van der Waals surface area contributed by atoms with Crippen molar-refractivity contribution in [2.75, 3.05) is 6.54 Å². The molecule has 3 nitrogen and oxygen atoms in total. The van der Waals surface area contributed by atoms with Gasteiger partial charge in [0.05, 0.1) is 12.5 Å². The molecule has 1 saturated heterocycles. The summed E-state index contributed by atoms with van der Waals surface area (Å²) in [6.07, 6.45) is 3.40. The van der Waals surface area contributed by atoms with Crippen LogP contribution in [-0.4, -0.2) is 34.6 Å². The maximum absolute atomic E-state index is 11.4. The minimum absolute atomic E-state index is 0.145. The summed E-state index contributed by atoms with van der Waals surface area (Å²) in [5, 5.41) is 9.33. The lowest BCUT2D eigenvalue weighted by molar-refractivity contribution is -0.129. The van der Waals surface area contributed by atoms with E-state index in [1.165, 1.54) is 6.42 Å². The Morgan fingerprint density at radius 1 is 1.46 bits per heavy atom. The van der Waals surface area contributed by atoms with E-state index in [-0.39, 0.29) is 5.91 Å². The minimum Gasteiger partial charge on any atom is -0.391 e. The first-order valence-corrected chi connectivity index (χ1v) is 5.14. The summed E-state index contributed by atoms with van der Waals surface area (Å²) in [7, 11) is 0. The van der Waals surface area contributed by atoms with E-state index in [2.05, 4.69) is 6.92 Å². The molecule has 2 fully saturated rings. The highest BCUT2D eigenvalue weighted by atomic mass is 16.3. The van der Waals surface area contributed by atoms with Crippen LogP contribution in [0.5, 0.6) is 0 Å². The van der Waals surface area contributed by atoms with E-state index in [1.807, 2.05) is 4.90 Å². The van der Waals surface area contributed by atoms with E-state index in [1.54, 1.807) is 0 Å². The Morgan fingerprint density at radius 2 is 2.23 bits per heavy atom. The number of aliphatic hydroxyl groups excluding tert-OH is 1. The van der Waals surface area contributed by atoms with Crippen LogP contribution in [0.15, 0.2) is 0 Å². The standard InChI is InChI=1S/C10H17NO2/c1-7-2-3-8(4-7)11-6-9(12)5-10(11)13/h7-9,12H,2-6H2,1H3. The number of β-amino-alcohol motifs (C(OH)–C–C–N with tert-alkyl or cyclic N) is 1. The fourth-order valence-electron chi connectivity index (χ4n) is 2.53. The fraction of sp³-hybridized carbons (Fsp3) is 0.900. The van der Waals surface area contributed by atoms with E-state index in [4.69, 9.17) is 0 Å². The van der Waals surface area contributed by atoms with Crippen molar-refractivity contribution in [2.24, 2.45) is 5.92 Å². The highest BCUT2D eigenvalue weighted by Gasteiger charge is 2.36. The van der Waals surface area contributed by atoms with Gasteiger partial charge in [0.2, 0.25) is 5.91 Å². The first-order valence-electron chi connectivity index (χ1n) is 5.14. The number of likely N-dealkylation sites (tertiary alicyclic amines) is 1. The second kappa shape index (κ2) is 3.29. The molecule has 2 aliphatic rings. The lowest BCUT2D eigenvalue weighted by Gasteiger charge is -2.23.